The van der Waals surface area contributed by atoms with Gasteiger partial charge in [-0.15, -0.1) is 0 Å². The summed E-state index contributed by atoms with van der Waals surface area (Å²) in [5, 5.41) is 8.92. The average molecular weight is 485 g/mol. The maximum Gasteiger partial charge on any atom is 0.341 e. The van der Waals surface area contributed by atoms with E-state index in [1.165, 1.54) is 0 Å². The molecule has 1 aromatic heterocycles. The van der Waals surface area contributed by atoms with E-state index in [0.29, 0.717) is 18.2 Å². The van der Waals surface area contributed by atoms with E-state index in [1.807, 2.05) is 78.9 Å². The number of rotatable bonds is 9. The van der Waals surface area contributed by atoms with Crippen LogP contribution >= 0.6 is 0 Å². The van der Waals surface area contributed by atoms with Crippen LogP contribution in [0, 0.1) is 0 Å². The topological polar surface area (TPSA) is 85.0 Å². The summed E-state index contributed by atoms with van der Waals surface area (Å²) < 4.78 is 17.6. The van der Waals surface area contributed by atoms with Gasteiger partial charge in [0.25, 0.3) is 0 Å². The third-order valence-electron chi connectivity index (χ3n) is 6.36. The SMILES string of the molecule is CO[C@H]1C[C@H](c2nc(-c3ccccc3)c(-c3ccccc3)o2)N(Cc2cccc(OCC(=O)O)c2)C1. The van der Waals surface area contributed by atoms with Crippen molar-refractivity contribution < 1.29 is 23.8 Å². The summed E-state index contributed by atoms with van der Waals surface area (Å²) in [6.45, 7) is 0.978. The van der Waals surface area contributed by atoms with Gasteiger partial charge in [0.05, 0.1) is 12.1 Å². The van der Waals surface area contributed by atoms with Crippen LogP contribution < -0.4 is 4.74 Å². The Morgan fingerprint density at radius 2 is 1.75 bits per heavy atom. The molecule has 0 radical (unpaired) electrons. The zero-order chi connectivity index (χ0) is 24.9. The lowest BCUT2D eigenvalue weighted by molar-refractivity contribution is -0.139. The maximum atomic E-state index is 10.9. The molecular weight excluding hydrogens is 456 g/mol. The van der Waals surface area contributed by atoms with Crippen molar-refractivity contribution in [1.29, 1.82) is 0 Å². The summed E-state index contributed by atoms with van der Waals surface area (Å²) in [6.07, 6.45) is 0.808. The Morgan fingerprint density at radius 1 is 1.03 bits per heavy atom. The zero-order valence-electron chi connectivity index (χ0n) is 20.0. The highest BCUT2D eigenvalue weighted by Crippen LogP contribution is 2.40. The number of ether oxygens (including phenoxy) is 2. The zero-order valence-corrected chi connectivity index (χ0v) is 20.0. The van der Waals surface area contributed by atoms with Crippen molar-refractivity contribution in [2.45, 2.75) is 25.1 Å². The van der Waals surface area contributed by atoms with Gasteiger partial charge in [-0.2, -0.15) is 0 Å². The number of hydrogen-bond acceptors (Lipinski definition) is 6. The third kappa shape index (κ3) is 5.32. The highest BCUT2D eigenvalue weighted by atomic mass is 16.5. The molecule has 184 valence electrons. The van der Waals surface area contributed by atoms with Crippen LogP contribution in [0.15, 0.2) is 89.3 Å². The normalized spacial score (nSPS) is 17.8. The van der Waals surface area contributed by atoms with Gasteiger partial charge in [-0.25, -0.2) is 9.78 Å². The Kier molecular flexibility index (Phi) is 7.11. The minimum Gasteiger partial charge on any atom is -0.482 e. The second kappa shape index (κ2) is 10.8. The molecule has 0 bridgehead atoms. The van der Waals surface area contributed by atoms with E-state index < -0.39 is 5.97 Å². The molecule has 2 heterocycles. The molecule has 1 aliphatic heterocycles. The van der Waals surface area contributed by atoms with Gasteiger partial charge in [0.1, 0.15) is 11.4 Å². The fraction of sp³-hybridized carbons (Fsp3) is 0.241. The molecule has 2 atom stereocenters. The van der Waals surface area contributed by atoms with Crippen LogP contribution in [0.3, 0.4) is 0 Å². The highest BCUT2D eigenvalue weighted by Gasteiger charge is 2.37. The average Bonchev–Trinajstić information content (AvgIpc) is 3.53. The lowest BCUT2D eigenvalue weighted by atomic mass is 10.1. The van der Waals surface area contributed by atoms with Crippen molar-refractivity contribution in [3.05, 3.63) is 96.4 Å². The molecule has 1 aliphatic rings. The van der Waals surface area contributed by atoms with Gasteiger partial charge < -0.3 is 19.0 Å². The van der Waals surface area contributed by atoms with Crippen LogP contribution in [0.5, 0.6) is 5.75 Å². The molecule has 0 unspecified atom stereocenters. The number of nitrogens with zero attached hydrogens (tertiary/aromatic N) is 2. The minimum absolute atomic E-state index is 0.0497. The molecule has 1 N–H and O–H groups in total. The number of hydrogen-bond donors (Lipinski definition) is 1. The number of aliphatic carboxylic acids is 1. The Bertz CT molecular complexity index is 1250. The number of carboxylic acid groups (broad SMARTS) is 1. The molecule has 3 aromatic carbocycles. The summed E-state index contributed by atoms with van der Waals surface area (Å²) in [5.41, 5.74) is 3.81. The van der Waals surface area contributed by atoms with E-state index in [1.54, 1.807) is 13.2 Å². The van der Waals surface area contributed by atoms with Gasteiger partial charge in [-0.1, -0.05) is 72.8 Å². The largest absolute Gasteiger partial charge is 0.482 e. The summed E-state index contributed by atoms with van der Waals surface area (Å²) in [5.74, 6) is 0.935. The Hall–Kier alpha value is -3.94. The first-order chi connectivity index (χ1) is 17.6. The first kappa shape index (κ1) is 23.8. The van der Waals surface area contributed by atoms with Gasteiger partial charge in [0.2, 0.25) is 5.89 Å². The Balaban J connectivity index is 1.47. The van der Waals surface area contributed by atoms with Gasteiger partial charge in [0.15, 0.2) is 12.4 Å². The standard InChI is InChI=1S/C29H28N2O5/c1-34-24-16-25(31(18-24)17-20-9-8-14-23(15-20)35-19-26(32)33)29-30-27(21-10-4-2-5-11-21)28(36-29)22-12-6-3-7-13-22/h2-15,24-25H,16-19H2,1H3,(H,32,33)/t24-,25+/m0/s1. The summed E-state index contributed by atoms with van der Waals surface area (Å²) in [4.78, 5) is 18.2. The van der Waals surface area contributed by atoms with Crippen molar-refractivity contribution in [3.63, 3.8) is 0 Å². The van der Waals surface area contributed by atoms with E-state index in [9.17, 15) is 4.79 Å². The fourth-order valence-corrected chi connectivity index (χ4v) is 4.63. The lowest BCUT2D eigenvalue weighted by Crippen LogP contribution is -2.25. The van der Waals surface area contributed by atoms with Crippen LogP contribution in [-0.2, 0) is 16.1 Å². The van der Waals surface area contributed by atoms with Crippen LogP contribution in [0.1, 0.15) is 23.9 Å². The molecule has 0 amide bonds. The van der Waals surface area contributed by atoms with Crippen LogP contribution in [0.25, 0.3) is 22.6 Å². The number of carboxylic acids is 1. The maximum absolute atomic E-state index is 10.9. The lowest BCUT2D eigenvalue weighted by Gasteiger charge is -2.22. The predicted octanol–water partition coefficient (Wildman–Crippen LogP) is 5.43. The van der Waals surface area contributed by atoms with E-state index in [4.69, 9.17) is 24.0 Å². The smallest absolute Gasteiger partial charge is 0.341 e. The number of oxazole rings is 1. The van der Waals surface area contributed by atoms with Crippen molar-refractivity contribution in [2.75, 3.05) is 20.3 Å². The fourth-order valence-electron chi connectivity index (χ4n) is 4.63. The number of aromatic nitrogens is 1. The van der Waals surface area contributed by atoms with Crippen LogP contribution in [0.2, 0.25) is 0 Å². The summed E-state index contributed by atoms with van der Waals surface area (Å²) in [6, 6.07) is 27.6. The first-order valence-corrected chi connectivity index (χ1v) is 11.9. The van der Waals surface area contributed by atoms with Crippen LogP contribution in [-0.4, -0.2) is 47.3 Å². The summed E-state index contributed by atoms with van der Waals surface area (Å²) >= 11 is 0. The molecule has 1 fully saturated rings. The second-order valence-electron chi connectivity index (χ2n) is 8.83. The summed E-state index contributed by atoms with van der Waals surface area (Å²) in [7, 11) is 1.73. The van der Waals surface area contributed by atoms with Crippen molar-refractivity contribution in [1.82, 2.24) is 9.88 Å². The van der Waals surface area contributed by atoms with E-state index in [-0.39, 0.29) is 18.8 Å². The first-order valence-electron chi connectivity index (χ1n) is 11.9. The molecule has 4 aromatic rings. The van der Waals surface area contributed by atoms with Gasteiger partial charge in [-0.3, -0.25) is 4.90 Å². The minimum atomic E-state index is -1.00. The van der Waals surface area contributed by atoms with E-state index in [2.05, 4.69) is 4.90 Å². The second-order valence-corrected chi connectivity index (χ2v) is 8.83. The Morgan fingerprint density at radius 3 is 2.44 bits per heavy atom. The third-order valence-corrected chi connectivity index (χ3v) is 6.36. The van der Waals surface area contributed by atoms with E-state index >= 15 is 0 Å². The van der Waals surface area contributed by atoms with Gasteiger partial charge in [0, 0.05) is 31.3 Å². The van der Waals surface area contributed by atoms with Gasteiger partial charge in [-0.05, 0) is 24.1 Å². The van der Waals surface area contributed by atoms with Crippen molar-refractivity contribution in [3.8, 4) is 28.3 Å². The molecule has 0 saturated carbocycles. The molecule has 36 heavy (non-hydrogen) atoms. The molecule has 1 saturated heterocycles. The quantitative estimate of drug-likeness (QED) is 0.339. The number of likely N-dealkylation sites (tertiary alicyclic amines) is 1. The number of methoxy groups -OCH3 is 1. The predicted molar refractivity (Wildman–Crippen MR) is 136 cm³/mol. The van der Waals surface area contributed by atoms with Crippen LogP contribution in [0.4, 0.5) is 0 Å². The molecule has 0 aliphatic carbocycles. The van der Waals surface area contributed by atoms with Crippen molar-refractivity contribution in [2.24, 2.45) is 0 Å². The molecule has 7 heteroatoms. The van der Waals surface area contributed by atoms with Gasteiger partial charge >= 0.3 is 5.97 Å². The molecule has 0 spiro atoms. The Labute approximate surface area is 209 Å². The highest BCUT2D eigenvalue weighted by molar-refractivity contribution is 5.76. The molecular formula is C29H28N2O5. The number of benzene rings is 3. The van der Waals surface area contributed by atoms with E-state index in [0.717, 1.165) is 41.1 Å². The molecule has 7 nitrogen and oxygen atoms in total. The molecule has 5 rings (SSSR count). The number of carbonyl (C=O) groups is 1. The van der Waals surface area contributed by atoms with Crippen molar-refractivity contribution >= 4 is 5.97 Å². The monoisotopic (exact) mass is 484 g/mol.